The van der Waals surface area contributed by atoms with Gasteiger partial charge in [0.05, 0.1) is 11.0 Å². The van der Waals surface area contributed by atoms with Gasteiger partial charge in [-0.3, -0.25) is 4.79 Å². The molecule has 0 spiro atoms. The lowest BCUT2D eigenvalue weighted by atomic mass is 10.2. The number of benzene rings is 1. The SMILES string of the molecule is O=C(CCSc1ccccc1)N1CCC(c2cccs2)S(=O)(=O)CC1. The van der Waals surface area contributed by atoms with Gasteiger partial charge in [0.1, 0.15) is 0 Å². The Morgan fingerprint density at radius 2 is 1.96 bits per heavy atom. The van der Waals surface area contributed by atoms with Crippen LogP contribution in [0.25, 0.3) is 0 Å². The molecule has 2 heterocycles. The number of thiophene rings is 1. The van der Waals surface area contributed by atoms with Crippen LogP contribution in [-0.4, -0.2) is 43.8 Å². The molecule has 25 heavy (non-hydrogen) atoms. The largest absolute Gasteiger partial charge is 0.342 e. The van der Waals surface area contributed by atoms with Gasteiger partial charge in [0.2, 0.25) is 5.91 Å². The highest BCUT2D eigenvalue weighted by Gasteiger charge is 2.33. The number of amides is 1. The fourth-order valence-corrected chi connectivity index (χ4v) is 6.78. The van der Waals surface area contributed by atoms with Crippen LogP contribution in [0.4, 0.5) is 0 Å². The fourth-order valence-electron chi connectivity index (χ4n) is 2.92. The lowest BCUT2D eigenvalue weighted by molar-refractivity contribution is -0.130. The molecule has 1 aromatic heterocycles. The maximum absolute atomic E-state index is 12.5. The van der Waals surface area contributed by atoms with Crippen molar-refractivity contribution in [2.24, 2.45) is 0 Å². The van der Waals surface area contributed by atoms with Gasteiger partial charge < -0.3 is 4.90 Å². The van der Waals surface area contributed by atoms with Crippen molar-refractivity contribution < 1.29 is 13.2 Å². The summed E-state index contributed by atoms with van der Waals surface area (Å²) in [5, 5.41) is 1.43. The second-order valence-corrected chi connectivity index (χ2v) is 10.4. The zero-order valence-electron chi connectivity index (χ0n) is 13.8. The summed E-state index contributed by atoms with van der Waals surface area (Å²) in [6, 6.07) is 13.7. The molecule has 0 bridgehead atoms. The van der Waals surface area contributed by atoms with E-state index in [1.54, 1.807) is 16.7 Å². The fraction of sp³-hybridized carbons (Fsp3) is 0.389. The van der Waals surface area contributed by atoms with Gasteiger partial charge >= 0.3 is 0 Å². The number of hydrogen-bond donors (Lipinski definition) is 0. The summed E-state index contributed by atoms with van der Waals surface area (Å²) in [6.07, 6.45) is 0.920. The van der Waals surface area contributed by atoms with E-state index < -0.39 is 15.1 Å². The standard InChI is InChI=1S/C18H21NO3S3/c20-18(9-13-23-15-5-2-1-3-6-15)19-10-8-17(16-7-4-12-24-16)25(21,22)14-11-19/h1-7,12,17H,8-11,13-14H2. The number of hydrogen-bond acceptors (Lipinski definition) is 5. The first-order chi connectivity index (χ1) is 12.1. The third kappa shape index (κ3) is 4.86. The number of nitrogens with zero attached hydrogens (tertiary/aromatic N) is 1. The first-order valence-electron chi connectivity index (χ1n) is 8.27. The highest BCUT2D eigenvalue weighted by Crippen LogP contribution is 2.32. The summed E-state index contributed by atoms with van der Waals surface area (Å²) in [4.78, 5) is 16.2. The summed E-state index contributed by atoms with van der Waals surface area (Å²) in [7, 11) is -3.20. The maximum Gasteiger partial charge on any atom is 0.223 e. The first-order valence-corrected chi connectivity index (χ1v) is 11.8. The van der Waals surface area contributed by atoms with Crippen molar-refractivity contribution in [3.8, 4) is 0 Å². The van der Waals surface area contributed by atoms with Crippen LogP contribution >= 0.6 is 23.1 Å². The van der Waals surface area contributed by atoms with E-state index in [1.807, 2.05) is 47.8 Å². The maximum atomic E-state index is 12.5. The number of carbonyl (C=O) groups is 1. The molecular formula is C18H21NO3S3. The zero-order valence-corrected chi connectivity index (χ0v) is 16.3. The molecule has 134 valence electrons. The van der Waals surface area contributed by atoms with E-state index in [0.29, 0.717) is 31.7 Å². The molecule has 1 atom stereocenters. The van der Waals surface area contributed by atoms with Crippen LogP contribution in [0.3, 0.4) is 0 Å². The average molecular weight is 396 g/mol. The van der Waals surface area contributed by atoms with Gasteiger partial charge in [-0.05, 0) is 30.0 Å². The molecule has 4 nitrogen and oxygen atoms in total. The number of sulfone groups is 1. The van der Waals surface area contributed by atoms with E-state index in [2.05, 4.69) is 0 Å². The molecule has 0 N–H and O–H groups in total. The molecule has 1 fully saturated rings. The van der Waals surface area contributed by atoms with Crippen LogP contribution in [0.15, 0.2) is 52.7 Å². The van der Waals surface area contributed by atoms with Gasteiger partial charge in [0.15, 0.2) is 9.84 Å². The minimum atomic E-state index is -3.20. The van der Waals surface area contributed by atoms with Gasteiger partial charge in [-0.2, -0.15) is 0 Å². The molecule has 1 aliphatic heterocycles. The monoisotopic (exact) mass is 395 g/mol. The highest BCUT2D eigenvalue weighted by molar-refractivity contribution is 7.99. The number of rotatable bonds is 5. The first kappa shape index (κ1) is 18.5. The molecule has 2 aromatic rings. The van der Waals surface area contributed by atoms with E-state index >= 15 is 0 Å². The van der Waals surface area contributed by atoms with Gasteiger partial charge in [0.25, 0.3) is 0 Å². The van der Waals surface area contributed by atoms with E-state index in [1.165, 1.54) is 11.3 Å². The van der Waals surface area contributed by atoms with Crippen molar-refractivity contribution in [2.45, 2.75) is 23.0 Å². The van der Waals surface area contributed by atoms with Crippen molar-refractivity contribution in [2.75, 3.05) is 24.6 Å². The Hall–Kier alpha value is -1.31. The summed E-state index contributed by atoms with van der Waals surface area (Å²) < 4.78 is 25.1. The molecule has 0 aliphatic carbocycles. The smallest absolute Gasteiger partial charge is 0.223 e. The molecule has 1 amide bonds. The Balaban J connectivity index is 1.56. The Morgan fingerprint density at radius 3 is 2.68 bits per heavy atom. The van der Waals surface area contributed by atoms with Crippen LogP contribution in [0, 0.1) is 0 Å². The molecular weight excluding hydrogens is 374 g/mol. The average Bonchev–Trinajstić information content (AvgIpc) is 3.07. The lowest BCUT2D eigenvalue weighted by Crippen LogP contribution is -2.33. The van der Waals surface area contributed by atoms with Crippen LogP contribution < -0.4 is 0 Å². The molecule has 7 heteroatoms. The Kier molecular flexibility index (Phi) is 6.19. The van der Waals surface area contributed by atoms with Crippen LogP contribution in [-0.2, 0) is 14.6 Å². The van der Waals surface area contributed by atoms with Crippen molar-refractivity contribution in [3.63, 3.8) is 0 Å². The van der Waals surface area contributed by atoms with Crippen molar-refractivity contribution in [1.29, 1.82) is 0 Å². The van der Waals surface area contributed by atoms with Gasteiger partial charge in [-0.1, -0.05) is 24.3 Å². The summed E-state index contributed by atoms with van der Waals surface area (Å²) >= 11 is 3.13. The quantitative estimate of drug-likeness (QED) is 0.726. The Labute approximate surface area is 157 Å². The van der Waals surface area contributed by atoms with Crippen LogP contribution in [0.1, 0.15) is 23.0 Å². The molecule has 0 saturated carbocycles. The third-order valence-electron chi connectivity index (χ3n) is 4.28. The van der Waals surface area contributed by atoms with Crippen LogP contribution in [0.2, 0.25) is 0 Å². The number of carbonyl (C=O) groups excluding carboxylic acids is 1. The Bertz CT molecular complexity index is 788. The van der Waals surface area contributed by atoms with Gasteiger partial charge in [-0.25, -0.2) is 8.42 Å². The normalized spacial score (nSPS) is 20.2. The minimum absolute atomic E-state index is 0.0467. The molecule has 3 rings (SSSR count). The van der Waals surface area contributed by atoms with E-state index in [9.17, 15) is 13.2 Å². The van der Waals surface area contributed by atoms with E-state index in [0.717, 1.165) is 9.77 Å². The minimum Gasteiger partial charge on any atom is -0.342 e. The zero-order chi connectivity index (χ0) is 17.7. The third-order valence-corrected chi connectivity index (χ3v) is 8.54. The predicted octanol–water partition coefficient (Wildman–Crippen LogP) is 3.62. The summed E-state index contributed by atoms with van der Waals surface area (Å²) in [5.74, 6) is 0.804. The topological polar surface area (TPSA) is 54.5 Å². The Morgan fingerprint density at radius 1 is 1.16 bits per heavy atom. The molecule has 0 radical (unpaired) electrons. The molecule has 1 aliphatic rings. The van der Waals surface area contributed by atoms with Crippen molar-refractivity contribution >= 4 is 38.8 Å². The molecule has 1 saturated heterocycles. The van der Waals surface area contributed by atoms with Crippen molar-refractivity contribution in [3.05, 3.63) is 52.7 Å². The lowest BCUT2D eigenvalue weighted by Gasteiger charge is -2.19. The van der Waals surface area contributed by atoms with E-state index in [-0.39, 0.29) is 11.7 Å². The second kappa shape index (κ2) is 8.38. The van der Waals surface area contributed by atoms with Crippen molar-refractivity contribution in [1.82, 2.24) is 4.90 Å². The van der Waals surface area contributed by atoms with Gasteiger partial charge in [0, 0.05) is 35.0 Å². The number of thioether (sulfide) groups is 1. The molecule has 1 aromatic carbocycles. The summed E-state index contributed by atoms with van der Waals surface area (Å²) in [6.45, 7) is 0.815. The van der Waals surface area contributed by atoms with Crippen LogP contribution in [0.5, 0.6) is 0 Å². The second-order valence-electron chi connectivity index (χ2n) is 5.95. The highest BCUT2D eigenvalue weighted by atomic mass is 32.2. The molecule has 1 unspecified atom stereocenters. The summed E-state index contributed by atoms with van der Waals surface area (Å²) in [5.41, 5.74) is 0. The van der Waals surface area contributed by atoms with E-state index in [4.69, 9.17) is 0 Å². The predicted molar refractivity (Wildman–Crippen MR) is 104 cm³/mol. The van der Waals surface area contributed by atoms with Gasteiger partial charge in [-0.15, -0.1) is 23.1 Å².